The Hall–Kier alpha value is -2.23. The summed E-state index contributed by atoms with van der Waals surface area (Å²) in [5.41, 5.74) is 5.45. The molecule has 0 saturated carbocycles. The number of hydrazine groups is 1. The second-order valence-electron chi connectivity index (χ2n) is 5.22. The van der Waals surface area contributed by atoms with Crippen LogP contribution >= 0.6 is 0 Å². The maximum atomic E-state index is 5.75. The molecule has 3 aromatic rings. The zero-order valence-corrected chi connectivity index (χ0v) is 11.9. The number of pyridine rings is 1. The average Bonchev–Trinajstić information content (AvgIpc) is 2.56. The number of hydrogen-bond donors (Lipinski definition) is 2. The number of fused-ring (bicyclic) bond motifs is 1. The molecule has 0 saturated heterocycles. The van der Waals surface area contributed by atoms with Gasteiger partial charge >= 0.3 is 0 Å². The van der Waals surface area contributed by atoms with E-state index in [1.165, 1.54) is 21.9 Å². The minimum Gasteiger partial charge on any atom is -0.271 e. The number of nitrogens with two attached hydrogens (primary N) is 1. The van der Waals surface area contributed by atoms with E-state index in [2.05, 4.69) is 52.9 Å². The molecule has 3 N–H and O–H groups in total. The predicted molar refractivity (Wildman–Crippen MR) is 86.6 cm³/mol. The molecule has 0 spiro atoms. The highest BCUT2D eigenvalue weighted by Gasteiger charge is 2.10. The lowest BCUT2D eigenvalue weighted by molar-refractivity contribution is 0.517. The molecule has 0 aliphatic heterocycles. The molecule has 3 heteroatoms. The summed E-state index contributed by atoms with van der Waals surface area (Å²) in [6.07, 6.45) is 5.59. The van der Waals surface area contributed by atoms with E-state index < -0.39 is 0 Å². The van der Waals surface area contributed by atoms with Gasteiger partial charge in [0.1, 0.15) is 0 Å². The number of nitrogens with zero attached hydrogens (tertiary/aromatic N) is 1. The van der Waals surface area contributed by atoms with Crippen LogP contribution in [0.2, 0.25) is 0 Å². The fourth-order valence-corrected chi connectivity index (χ4v) is 2.63. The first kappa shape index (κ1) is 13.7. The van der Waals surface area contributed by atoms with Gasteiger partial charge < -0.3 is 0 Å². The summed E-state index contributed by atoms with van der Waals surface area (Å²) < 4.78 is 0. The number of rotatable bonds is 5. The quantitative estimate of drug-likeness (QED) is 0.555. The van der Waals surface area contributed by atoms with Crippen LogP contribution in [0, 0.1) is 0 Å². The fourth-order valence-electron chi connectivity index (χ4n) is 2.63. The van der Waals surface area contributed by atoms with Crippen molar-refractivity contribution in [1.29, 1.82) is 0 Å². The van der Waals surface area contributed by atoms with Crippen molar-refractivity contribution < 1.29 is 0 Å². The van der Waals surface area contributed by atoms with Gasteiger partial charge in [-0.2, -0.15) is 0 Å². The third kappa shape index (κ3) is 3.27. The van der Waals surface area contributed by atoms with Gasteiger partial charge in [0.2, 0.25) is 0 Å². The molecule has 1 aromatic heterocycles. The van der Waals surface area contributed by atoms with Crippen LogP contribution in [0.25, 0.3) is 10.8 Å². The number of aryl methyl sites for hydroxylation is 1. The first-order chi connectivity index (χ1) is 10.4. The summed E-state index contributed by atoms with van der Waals surface area (Å²) in [6, 6.07) is 19.2. The van der Waals surface area contributed by atoms with E-state index in [0.29, 0.717) is 0 Å². The van der Waals surface area contributed by atoms with Crippen LogP contribution in [0.5, 0.6) is 0 Å². The first-order valence-corrected chi connectivity index (χ1v) is 7.20. The molecule has 1 unspecified atom stereocenters. The lowest BCUT2D eigenvalue weighted by Crippen LogP contribution is -2.28. The van der Waals surface area contributed by atoms with Crippen LogP contribution in [-0.4, -0.2) is 4.98 Å². The lowest BCUT2D eigenvalue weighted by atomic mass is 9.97. The van der Waals surface area contributed by atoms with Gasteiger partial charge in [0.15, 0.2) is 0 Å². The predicted octanol–water partition coefficient (Wildman–Crippen LogP) is 3.37. The van der Waals surface area contributed by atoms with Gasteiger partial charge in [-0.3, -0.25) is 16.3 Å². The molecule has 0 amide bonds. The second-order valence-corrected chi connectivity index (χ2v) is 5.22. The Labute approximate surface area is 124 Å². The first-order valence-electron chi connectivity index (χ1n) is 7.20. The van der Waals surface area contributed by atoms with Crippen LogP contribution < -0.4 is 11.3 Å². The molecule has 0 aliphatic rings. The molecule has 2 aromatic carbocycles. The zero-order valence-electron chi connectivity index (χ0n) is 11.9. The SMILES string of the molecule is NNC(CCc1ccncc1)c1ccc2ccccc2c1. The highest BCUT2D eigenvalue weighted by molar-refractivity contribution is 5.83. The Balaban J connectivity index is 1.78. The molecule has 0 bridgehead atoms. The Morgan fingerprint density at radius 2 is 1.71 bits per heavy atom. The summed E-state index contributed by atoms with van der Waals surface area (Å²) >= 11 is 0. The lowest BCUT2D eigenvalue weighted by Gasteiger charge is -2.17. The van der Waals surface area contributed by atoms with E-state index in [0.717, 1.165) is 12.8 Å². The van der Waals surface area contributed by atoms with Crippen LogP contribution in [0.3, 0.4) is 0 Å². The van der Waals surface area contributed by atoms with E-state index in [1.807, 2.05) is 24.5 Å². The Morgan fingerprint density at radius 3 is 2.48 bits per heavy atom. The molecular weight excluding hydrogens is 258 g/mol. The average molecular weight is 277 g/mol. The molecule has 1 heterocycles. The van der Waals surface area contributed by atoms with E-state index in [9.17, 15) is 0 Å². The number of hydrogen-bond acceptors (Lipinski definition) is 3. The van der Waals surface area contributed by atoms with Gasteiger partial charge in [0, 0.05) is 18.4 Å². The van der Waals surface area contributed by atoms with Crippen LogP contribution in [0.15, 0.2) is 67.0 Å². The highest BCUT2D eigenvalue weighted by Crippen LogP contribution is 2.23. The minimum atomic E-state index is 0.155. The summed E-state index contributed by atoms with van der Waals surface area (Å²) in [5.74, 6) is 5.75. The topological polar surface area (TPSA) is 50.9 Å². The maximum Gasteiger partial charge on any atom is 0.0463 e. The molecular formula is C18H19N3. The zero-order chi connectivity index (χ0) is 14.5. The smallest absolute Gasteiger partial charge is 0.0463 e. The van der Waals surface area contributed by atoms with Gasteiger partial charge in [0.05, 0.1) is 0 Å². The second kappa shape index (κ2) is 6.48. The van der Waals surface area contributed by atoms with E-state index in [-0.39, 0.29) is 6.04 Å². The standard InChI is InChI=1S/C18H19N3/c19-21-18(8-5-14-9-11-20-12-10-14)17-7-6-15-3-1-2-4-16(15)13-17/h1-4,6-7,9-13,18,21H,5,8,19H2. The van der Waals surface area contributed by atoms with Crippen molar-refractivity contribution in [3.05, 3.63) is 78.1 Å². The van der Waals surface area contributed by atoms with Gasteiger partial charge in [-0.1, -0.05) is 36.4 Å². The van der Waals surface area contributed by atoms with Gasteiger partial charge in [-0.15, -0.1) is 0 Å². The van der Waals surface area contributed by atoms with Crippen molar-refractivity contribution in [2.24, 2.45) is 5.84 Å². The monoisotopic (exact) mass is 277 g/mol. The van der Waals surface area contributed by atoms with Gasteiger partial charge in [0.25, 0.3) is 0 Å². The van der Waals surface area contributed by atoms with Gasteiger partial charge in [-0.05, 0) is 52.9 Å². The third-order valence-electron chi connectivity index (χ3n) is 3.85. The Morgan fingerprint density at radius 1 is 0.952 bits per heavy atom. The third-order valence-corrected chi connectivity index (χ3v) is 3.85. The number of nitrogens with one attached hydrogen (secondary N) is 1. The molecule has 0 radical (unpaired) electrons. The Kier molecular flexibility index (Phi) is 4.24. The van der Waals surface area contributed by atoms with Crippen molar-refractivity contribution in [2.75, 3.05) is 0 Å². The number of aromatic nitrogens is 1. The largest absolute Gasteiger partial charge is 0.271 e. The molecule has 3 nitrogen and oxygen atoms in total. The summed E-state index contributed by atoms with van der Waals surface area (Å²) in [6.45, 7) is 0. The minimum absolute atomic E-state index is 0.155. The normalized spacial score (nSPS) is 12.4. The number of benzene rings is 2. The van der Waals surface area contributed by atoms with Crippen LogP contribution in [0.4, 0.5) is 0 Å². The molecule has 1 atom stereocenters. The molecule has 106 valence electrons. The molecule has 21 heavy (non-hydrogen) atoms. The molecule has 0 aliphatic carbocycles. The molecule has 3 rings (SSSR count). The van der Waals surface area contributed by atoms with Crippen molar-refractivity contribution in [2.45, 2.75) is 18.9 Å². The van der Waals surface area contributed by atoms with E-state index >= 15 is 0 Å². The van der Waals surface area contributed by atoms with E-state index in [4.69, 9.17) is 5.84 Å². The highest BCUT2D eigenvalue weighted by atomic mass is 15.2. The van der Waals surface area contributed by atoms with Crippen molar-refractivity contribution in [3.63, 3.8) is 0 Å². The van der Waals surface area contributed by atoms with Crippen LogP contribution in [-0.2, 0) is 6.42 Å². The van der Waals surface area contributed by atoms with Gasteiger partial charge in [-0.25, -0.2) is 0 Å². The van der Waals surface area contributed by atoms with E-state index in [1.54, 1.807) is 0 Å². The summed E-state index contributed by atoms with van der Waals surface area (Å²) in [4.78, 5) is 4.04. The summed E-state index contributed by atoms with van der Waals surface area (Å²) in [7, 11) is 0. The summed E-state index contributed by atoms with van der Waals surface area (Å²) in [5, 5.41) is 2.50. The van der Waals surface area contributed by atoms with Crippen molar-refractivity contribution in [1.82, 2.24) is 10.4 Å². The van der Waals surface area contributed by atoms with Crippen LogP contribution in [0.1, 0.15) is 23.6 Å². The maximum absolute atomic E-state index is 5.75. The van der Waals surface area contributed by atoms with Crippen molar-refractivity contribution in [3.8, 4) is 0 Å². The van der Waals surface area contributed by atoms with Crippen molar-refractivity contribution >= 4 is 10.8 Å². The molecule has 0 fully saturated rings. The fraction of sp³-hybridized carbons (Fsp3) is 0.167. The Bertz CT molecular complexity index is 710.